The molecule has 1 aliphatic carbocycles. The molecule has 7 unspecified atom stereocenters. The Morgan fingerprint density at radius 2 is 1.85 bits per heavy atom. The van der Waals surface area contributed by atoms with Gasteiger partial charge in [-0.3, -0.25) is 14.4 Å². The fourth-order valence-electron chi connectivity index (χ4n) is 8.85. The van der Waals surface area contributed by atoms with E-state index in [2.05, 4.69) is 71.4 Å². The minimum Gasteiger partial charge on any atom is -0.491 e. The molecule has 1 amide bonds. The Morgan fingerprint density at radius 1 is 1.06 bits per heavy atom. The highest BCUT2D eigenvalue weighted by atomic mass is 35.5. The predicted octanol–water partition coefficient (Wildman–Crippen LogP) is 7.34. The number of amides is 1. The molecule has 2 aromatic carbocycles. The summed E-state index contributed by atoms with van der Waals surface area (Å²) in [7, 11) is 0.285. The van der Waals surface area contributed by atoms with Crippen molar-refractivity contribution in [2.45, 2.75) is 83.4 Å². The average Bonchev–Trinajstić information content (AvgIpc) is 3.28. The van der Waals surface area contributed by atoms with E-state index in [0.29, 0.717) is 29.9 Å². The van der Waals surface area contributed by atoms with Crippen LogP contribution in [-0.2, 0) is 22.1 Å². The Balaban J connectivity index is 1.30. The Bertz CT molecular complexity index is 1590. The molecule has 3 aliphatic heterocycles. The third-order valence-corrected chi connectivity index (χ3v) is 14.2. The SMILES string of the molecule is CCCc1cc(Cl)ccc1C1COc2ccc3cc2N(C1)CC1CCC1C(CN1CCN(C(C)(C)COC)CC1)/C=C/CC(C)C(C)S(=O)NC3=O. The van der Waals surface area contributed by atoms with Gasteiger partial charge in [-0.05, 0) is 112 Å². The number of allylic oxidation sites excluding steroid dienone is 1. The van der Waals surface area contributed by atoms with E-state index in [-0.39, 0.29) is 28.5 Å². The van der Waals surface area contributed by atoms with Gasteiger partial charge in [-0.15, -0.1) is 0 Å². The minimum absolute atomic E-state index is 0.0301. The van der Waals surface area contributed by atoms with Crippen LogP contribution in [0.2, 0.25) is 5.02 Å². The van der Waals surface area contributed by atoms with E-state index in [1.54, 1.807) is 7.11 Å². The van der Waals surface area contributed by atoms with Gasteiger partial charge >= 0.3 is 0 Å². The van der Waals surface area contributed by atoms with E-state index in [9.17, 15) is 9.00 Å². The lowest BCUT2D eigenvalue weighted by atomic mass is 9.66. The van der Waals surface area contributed by atoms with Crippen molar-refractivity contribution in [1.29, 1.82) is 0 Å². The summed E-state index contributed by atoms with van der Waals surface area (Å²) in [6.45, 7) is 19.2. The summed E-state index contributed by atoms with van der Waals surface area (Å²) in [5, 5.41) is 0.585. The van der Waals surface area contributed by atoms with Crippen molar-refractivity contribution in [3.63, 3.8) is 0 Å². The molecule has 0 spiro atoms. The van der Waals surface area contributed by atoms with Crippen molar-refractivity contribution in [3.8, 4) is 5.75 Å². The second-order valence-corrected chi connectivity index (χ2v) is 18.4. The molecule has 3 heterocycles. The van der Waals surface area contributed by atoms with E-state index >= 15 is 0 Å². The quantitative estimate of drug-likeness (QED) is 0.283. The lowest BCUT2D eigenvalue weighted by Gasteiger charge is -2.47. The van der Waals surface area contributed by atoms with Crippen LogP contribution < -0.4 is 14.4 Å². The maximum absolute atomic E-state index is 13.5. The first-order chi connectivity index (χ1) is 25.0. The lowest BCUT2D eigenvalue weighted by Crippen LogP contribution is -2.57. The Kier molecular flexibility index (Phi) is 13.1. The molecule has 6 rings (SSSR count). The number of anilines is 1. The highest BCUT2D eigenvalue weighted by Gasteiger charge is 2.40. The number of ether oxygens (including phenoxy) is 2. The fraction of sp³-hybridized carbons (Fsp3) is 0.643. The van der Waals surface area contributed by atoms with Gasteiger partial charge in [-0.25, -0.2) is 4.21 Å². The Hall–Kier alpha value is -2.43. The van der Waals surface area contributed by atoms with Crippen molar-refractivity contribution >= 4 is 34.2 Å². The summed E-state index contributed by atoms with van der Waals surface area (Å²) in [5.41, 5.74) is 4.07. The second-order valence-electron chi connectivity index (χ2n) is 16.5. The van der Waals surface area contributed by atoms with Gasteiger partial charge in [0, 0.05) is 75.0 Å². The summed E-state index contributed by atoms with van der Waals surface area (Å²) in [6, 6.07) is 12.0. The van der Waals surface area contributed by atoms with E-state index in [1.807, 2.05) is 31.2 Å². The minimum atomic E-state index is -1.51. The summed E-state index contributed by atoms with van der Waals surface area (Å²) < 4.78 is 28.4. The topological polar surface area (TPSA) is 74.3 Å². The molecule has 1 saturated carbocycles. The predicted molar refractivity (Wildman–Crippen MR) is 214 cm³/mol. The van der Waals surface area contributed by atoms with Crippen molar-refractivity contribution in [1.82, 2.24) is 14.5 Å². The Morgan fingerprint density at radius 3 is 2.56 bits per heavy atom. The zero-order chi connectivity index (χ0) is 37.0. The Labute approximate surface area is 320 Å². The first-order valence-electron chi connectivity index (χ1n) is 19.6. The summed E-state index contributed by atoms with van der Waals surface area (Å²) >= 11 is 6.50. The van der Waals surface area contributed by atoms with E-state index in [4.69, 9.17) is 21.1 Å². The lowest BCUT2D eigenvalue weighted by molar-refractivity contribution is -0.00433. The van der Waals surface area contributed by atoms with Crippen LogP contribution in [-0.4, -0.2) is 96.8 Å². The van der Waals surface area contributed by atoms with Crippen LogP contribution in [0.3, 0.4) is 0 Å². The third kappa shape index (κ3) is 9.08. The first-order valence-corrected chi connectivity index (χ1v) is 21.2. The van der Waals surface area contributed by atoms with Crippen LogP contribution in [0.15, 0.2) is 48.6 Å². The maximum atomic E-state index is 13.5. The number of piperazine rings is 1. The summed E-state index contributed by atoms with van der Waals surface area (Å²) in [5.74, 6) is 2.34. The monoisotopic (exact) mass is 752 g/mol. The molecular weight excluding hydrogens is 692 g/mol. The van der Waals surface area contributed by atoms with Gasteiger partial charge < -0.3 is 19.3 Å². The number of nitrogens with one attached hydrogen (secondary N) is 1. The number of carbonyl (C=O) groups is 1. The van der Waals surface area contributed by atoms with Gasteiger partial charge in [-0.2, -0.15) is 0 Å². The van der Waals surface area contributed by atoms with Gasteiger partial charge in [-0.1, -0.05) is 50.1 Å². The van der Waals surface area contributed by atoms with Crippen molar-refractivity contribution < 1.29 is 18.5 Å². The number of methoxy groups -OCH3 is 1. The largest absolute Gasteiger partial charge is 0.491 e. The van der Waals surface area contributed by atoms with E-state index in [1.165, 1.54) is 24.0 Å². The molecule has 2 fully saturated rings. The normalized spacial score (nSPS) is 30.0. The number of nitrogens with zero attached hydrogens (tertiary/aromatic N) is 3. The number of hydrogen-bond donors (Lipinski definition) is 1. The highest BCUT2D eigenvalue weighted by molar-refractivity contribution is 7.84. The molecule has 0 aromatic heterocycles. The molecule has 4 aliphatic rings. The van der Waals surface area contributed by atoms with Gasteiger partial charge in [0.2, 0.25) is 0 Å². The van der Waals surface area contributed by atoms with E-state index in [0.717, 1.165) is 88.1 Å². The van der Waals surface area contributed by atoms with Crippen LogP contribution in [0.5, 0.6) is 5.75 Å². The molecule has 1 N–H and O–H groups in total. The molecule has 2 aromatic rings. The summed E-state index contributed by atoms with van der Waals surface area (Å²) in [4.78, 5) is 21.3. The zero-order valence-electron chi connectivity index (χ0n) is 32.2. The third-order valence-electron chi connectivity index (χ3n) is 12.4. The van der Waals surface area contributed by atoms with Crippen molar-refractivity contribution in [2.24, 2.45) is 23.7 Å². The van der Waals surface area contributed by atoms with Crippen LogP contribution >= 0.6 is 11.6 Å². The molecule has 52 heavy (non-hydrogen) atoms. The van der Waals surface area contributed by atoms with Gasteiger partial charge in [0.1, 0.15) is 16.7 Å². The smallest absolute Gasteiger partial charge is 0.263 e. The number of carbonyl (C=O) groups excluding carboxylic acids is 1. The number of hydrogen-bond acceptors (Lipinski definition) is 7. The molecule has 8 nitrogen and oxygen atoms in total. The average molecular weight is 753 g/mol. The highest BCUT2D eigenvalue weighted by Crippen LogP contribution is 2.45. The van der Waals surface area contributed by atoms with Crippen molar-refractivity contribution in [3.05, 3.63) is 70.3 Å². The molecule has 0 radical (unpaired) electrons. The molecule has 1 saturated heterocycles. The van der Waals surface area contributed by atoms with Crippen LogP contribution in [0.4, 0.5) is 5.69 Å². The van der Waals surface area contributed by atoms with Crippen LogP contribution in [0.1, 0.15) is 87.7 Å². The van der Waals surface area contributed by atoms with Gasteiger partial charge in [0.05, 0.1) is 24.2 Å². The molecule has 7 atom stereocenters. The zero-order valence-corrected chi connectivity index (χ0v) is 33.8. The van der Waals surface area contributed by atoms with Gasteiger partial charge in [0.15, 0.2) is 0 Å². The maximum Gasteiger partial charge on any atom is 0.263 e. The summed E-state index contributed by atoms with van der Waals surface area (Å²) in [6.07, 6.45) is 10.1. The molecule has 2 bridgehead atoms. The number of halogens is 1. The van der Waals surface area contributed by atoms with E-state index < -0.39 is 11.0 Å². The molecular formula is C42H61ClN4O4S. The first kappa shape index (κ1) is 39.3. The second kappa shape index (κ2) is 17.4. The van der Waals surface area contributed by atoms with Crippen molar-refractivity contribution in [2.75, 3.05) is 71.0 Å². The van der Waals surface area contributed by atoms with Gasteiger partial charge in [0.25, 0.3) is 5.91 Å². The number of benzene rings is 2. The number of rotatable bonds is 8. The molecule has 10 heteroatoms. The van der Waals surface area contributed by atoms with Crippen LogP contribution in [0.25, 0.3) is 0 Å². The molecule has 286 valence electrons. The number of aryl methyl sites for hydroxylation is 1. The fourth-order valence-corrected chi connectivity index (χ4v) is 10.1. The number of fused-ring (bicyclic) bond motifs is 2. The van der Waals surface area contributed by atoms with Crippen LogP contribution in [0, 0.1) is 23.7 Å². The standard InChI is InChI=1S/C42H61ClN4O4S/c1-7-9-31-22-36(43)14-16-37(31)35-26-46-25-34-12-15-38(34)33(24-45-18-20-47(21-19-45)42(4,5)28-50-6)11-8-10-29(2)30(3)52(49)44-41(48)32-13-17-40(51-27-35)39(46)23-32/h8,11,13-14,16-17,22-23,29-30,33-35,38H,7,9-10,12,15,18-21,24-28H2,1-6H3,(H,44,48)/b11-8+.